The Balaban J connectivity index is 1.35. The van der Waals surface area contributed by atoms with E-state index in [1.54, 1.807) is 0 Å². The monoisotopic (exact) mass is 722 g/mol. The van der Waals surface area contributed by atoms with Gasteiger partial charge >= 0.3 is 0 Å². The van der Waals surface area contributed by atoms with Crippen LogP contribution in [0.5, 0.6) is 5.75 Å². The summed E-state index contributed by atoms with van der Waals surface area (Å²) in [6.07, 6.45) is 10.9. The first kappa shape index (κ1) is 37.2. The Morgan fingerprint density at radius 1 is 1.08 bits per heavy atom. The third-order valence-corrected chi connectivity index (χ3v) is 13.1. The Morgan fingerprint density at radius 2 is 1.88 bits per heavy atom. The summed E-state index contributed by atoms with van der Waals surface area (Å²) in [6.45, 7) is 13.8. The number of rotatable bonds is 8. The van der Waals surface area contributed by atoms with Crippen molar-refractivity contribution < 1.29 is 19.1 Å². The molecule has 50 heavy (non-hydrogen) atoms. The van der Waals surface area contributed by atoms with Gasteiger partial charge in [-0.2, -0.15) is 0 Å². The maximum Gasteiger partial charge on any atom is 0.261 e. The Morgan fingerprint density at radius 3 is 2.60 bits per heavy atom. The molecule has 2 aromatic carbocycles. The number of amides is 1. The van der Waals surface area contributed by atoms with Crippen molar-refractivity contribution in [2.75, 3.05) is 71.0 Å². The van der Waals surface area contributed by atoms with Gasteiger partial charge in [0.15, 0.2) is 0 Å². The second-order valence-electron chi connectivity index (χ2n) is 14.9. The summed E-state index contributed by atoms with van der Waals surface area (Å²) in [4.78, 5) is 32.0. The normalized spacial score (nSPS) is 30.3. The molecule has 1 saturated heterocycles. The standard InChI is InChI=1S/C40H55ClN4O4S/c1-5-7-30-22-34(41)11-12-35(30)33-25-45-24-32-9-13-36(32)40(48-4,27-44-18-16-43(17-19-44)20-21-46)15-6-8-28(2)29(3)50-42-39(47)31-10-14-38(49-26-33)37(45)23-31/h6,10-12,14-15,21-23,28-29,32-33,36H,5,7-9,13,16-20,24-27H2,1-4H3,(H,42,47)/b15-6+. The van der Waals surface area contributed by atoms with Gasteiger partial charge in [-0.05, 0) is 96.8 Å². The molecule has 272 valence electrons. The lowest BCUT2D eigenvalue weighted by Gasteiger charge is -2.52. The number of hydrogen-bond donors (Lipinski definition) is 1. The molecule has 2 fully saturated rings. The molecule has 8 nitrogen and oxygen atoms in total. The number of ether oxygens (including phenoxy) is 2. The molecule has 0 spiro atoms. The van der Waals surface area contributed by atoms with Gasteiger partial charge < -0.3 is 19.2 Å². The summed E-state index contributed by atoms with van der Waals surface area (Å²) in [6, 6.07) is 12.2. The van der Waals surface area contributed by atoms with Gasteiger partial charge in [-0.25, -0.2) is 0 Å². The number of benzene rings is 2. The molecule has 6 rings (SSSR count). The molecule has 10 heteroatoms. The predicted octanol–water partition coefficient (Wildman–Crippen LogP) is 6.87. The van der Waals surface area contributed by atoms with Crippen LogP contribution in [0.2, 0.25) is 5.02 Å². The molecule has 1 saturated carbocycles. The summed E-state index contributed by atoms with van der Waals surface area (Å²) in [5.74, 6) is 2.01. The highest BCUT2D eigenvalue weighted by atomic mass is 35.5. The van der Waals surface area contributed by atoms with Crippen LogP contribution in [0.3, 0.4) is 0 Å². The Labute approximate surface area is 308 Å². The third-order valence-electron chi connectivity index (χ3n) is 11.7. The summed E-state index contributed by atoms with van der Waals surface area (Å²) in [7, 11) is 1.89. The van der Waals surface area contributed by atoms with Crippen LogP contribution < -0.4 is 14.4 Å². The van der Waals surface area contributed by atoms with Gasteiger partial charge in [0, 0.05) is 74.7 Å². The first-order valence-corrected chi connectivity index (χ1v) is 19.9. The van der Waals surface area contributed by atoms with Gasteiger partial charge in [-0.15, -0.1) is 0 Å². The summed E-state index contributed by atoms with van der Waals surface area (Å²) in [5.41, 5.74) is 3.79. The smallest absolute Gasteiger partial charge is 0.261 e. The minimum atomic E-state index is -0.423. The van der Waals surface area contributed by atoms with Crippen LogP contribution in [0, 0.1) is 17.8 Å². The van der Waals surface area contributed by atoms with Crippen molar-refractivity contribution in [1.29, 1.82) is 0 Å². The van der Waals surface area contributed by atoms with Crippen molar-refractivity contribution in [3.05, 3.63) is 70.3 Å². The molecule has 6 unspecified atom stereocenters. The molecule has 3 aliphatic heterocycles. The molecule has 2 bridgehead atoms. The number of carbonyl (C=O) groups excluding carboxylic acids is 2. The molecule has 1 amide bonds. The first-order chi connectivity index (χ1) is 24.2. The molecular formula is C40H55ClN4O4S. The largest absolute Gasteiger partial charge is 0.491 e. The fourth-order valence-corrected chi connectivity index (χ4v) is 9.28. The van der Waals surface area contributed by atoms with Gasteiger partial charge in [0.2, 0.25) is 0 Å². The van der Waals surface area contributed by atoms with Crippen molar-refractivity contribution in [3.63, 3.8) is 0 Å². The topological polar surface area (TPSA) is 74.3 Å². The molecule has 2 aromatic rings. The van der Waals surface area contributed by atoms with E-state index in [4.69, 9.17) is 21.1 Å². The molecule has 1 aliphatic carbocycles. The Kier molecular flexibility index (Phi) is 12.5. The number of aryl methyl sites for hydroxylation is 1. The van der Waals surface area contributed by atoms with E-state index in [2.05, 4.69) is 64.5 Å². The van der Waals surface area contributed by atoms with E-state index in [0.29, 0.717) is 36.5 Å². The van der Waals surface area contributed by atoms with Gasteiger partial charge in [-0.1, -0.05) is 57.0 Å². The van der Waals surface area contributed by atoms with Crippen molar-refractivity contribution in [3.8, 4) is 5.75 Å². The maximum atomic E-state index is 13.5. The highest BCUT2D eigenvalue weighted by Crippen LogP contribution is 2.47. The lowest BCUT2D eigenvalue weighted by Crippen LogP contribution is -2.58. The van der Waals surface area contributed by atoms with Crippen LogP contribution in [0.15, 0.2) is 48.6 Å². The second kappa shape index (κ2) is 16.8. The highest BCUT2D eigenvalue weighted by molar-refractivity contribution is 7.98. The van der Waals surface area contributed by atoms with Crippen molar-refractivity contribution in [2.45, 2.75) is 69.6 Å². The predicted molar refractivity (Wildman–Crippen MR) is 205 cm³/mol. The summed E-state index contributed by atoms with van der Waals surface area (Å²) >= 11 is 8.00. The number of fused-ring (bicyclic) bond motifs is 2. The number of nitrogens with one attached hydrogen (secondary N) is 1. The quantitative estimate of drug-likeness (QED) is 0.180. The van der Waals surface area contributed by atoms with Gasteiger partial charge in [0.1, 0.15) is 17.6 Å². The first-order valence-electron chi connectivity index (χ1n) is 18.6. The van der Waals surface area contributed by atoms with E-state index < -0.39 is 5.60 Å². The van der Waals surface area contributed by atoms with E-state index in [0.717, 1.165) is 101 Å². The maximum absolute atomic E-state index is 13.5. The van der Waals surface area contributed by atoms with Gasteiger partial charge in [0.25, 0.3) is 5.91 Å². The minimum Gasteiger partial charge on any atom is -0.491 e. The summed E-state index contributed by atoms with van der Waals surface area (Å²) in [5, 5.41) is 0.998. The van der Waals surface area contributed by atoms with E-state index in [-0.39, 0.29) is 17.1 Å². The van der Waals surface area contributed by atoms with E-state index >= 15 is 0 Å². The fourth-order valence-electron chi connectivity index (χ4n) is 8.33. The number of anilines is 1. The number of hydrogen-bond acceptors (Lipinski definition) is 8. The number of allylic oxidation sites excluding steroid dienone is 1. The number of nitrogens with zero attached hydrogens (tertiary/aromatic N) is 3. The molecule has 3 heterocycles. The van der Waals surface area contributed by atoms with Crippen LogP contribution >= 0.6 is 23.5 Å². The zero-order valence-corrected chi connectivity index (χ0v) is 31.8. The lowest BCUT2D eigenvalue weighted by molar-refractivity contribution is -0.110. The SMILES string of the molecule is CCCc1cc(Cl)ccc1C1COc2ccc3cc2N(C1)CC1CCC1C(CN1CCN(CC=O)CC1)(OC)/C=C/CC(C)C(C)SNC3=O. The van der Waals surface area contributed by atoms with Crippen LogP contribution in [0.1, 0.15) is 73.9 Å². The Bertz CT molecular complexity index is 1520. The van der Waals surface area contributed by atoms with E-state index in [9.17, 15) is 9.59 Å². The highest BCUT2D eigenvalue weighted by Gasteiger charge is 2.48. The fraction of sp³-hybridized carbons (Fsp3) is 0.600. The average Bonchev–Trinajstić information content (AvgIpc) is 3.28. The minimum absolute atomic E-state index is 0.0728. The van der Waals surface area contributed by atoms with E-state index in [1.165, 1.54) is 23.1 Å². The zero-order valence-electron chi connectivity index (χ0n) is 30.2. The molecule has 0 radical (unpaired) electrons. The number of aldehydes is 1. The molecule has 0 aromatic heterocycles. The lowest BCUT2D eigenvalue weighted by atomic mass is 9.63. The van der Waals surface area contributed by atoms with Gasteiger partial charge in [0.05, 0.1) is 18.8 Å². The van der Waals surface area contributed by atoms with Crippen LogP contribution in [-0.4, -0.2) is 98.9 Å². The van der Waals surface area contributed by atoms with Crippen LogP contribution in [0.25, 0.3) is 0 Å². The molecule has 1 N–H and O–H groups in total. The second-order valence-corrected chi connectivity index (χ2v) is 16.5. The van der Waals surface area contributed by atoms with Crippen molar-refractivity contribution in [1.82, 2.24) is 14.5 Å². The van der Waals surface area contributed by atoms with E-state index in [1.807, 2.05) is 31.4 Å². The molecule has 6 atom stereocenters. The Hall–Kier alpha value is -2.56. The average molecular weight is 723 g/mol. The molecular weight excluding hydrogens is 668 g/mol. The number of methoxy groups -OCH3 is 1. The molecule has 4 aliphatic rings. The van der Waals surface area contributed by atoms with Crippen molar-refractivity contribution >= 4 is 41.4 Å². The van der Waals surface area contributed by atoms with Crippen molar-refractivity contribution in [2.24, 2.45) is 17.8 Å². The van der Waals surface area contributed by atoms with Crippen LogP contribution in [0.4, 0.5) is 5.69 Å². The number of halogens is 1. The van der Waals surface area contributed by atoms with Gasteiger partial charge in [-0.3, -0.25) is 19.3 Å². The van der Waals surface area contributed by atoms with Crippen LogP contribution in [-0.2, 0) is 16.0 Å². The third kappa shape index (κ3) is 8.39. The number of carbonyl (C=O) groups is 2. The number of piperazine rings is 1. The zero-order chi connectivity index (χ0) is 35.3. The summed E-state index contributed by atoms with van der Waals surface area (Å²) < 4.78 is 16.4.